The van der Waals surface area contributed by atoms with Crippen LogP contribution in [0.4, 0.5) is 13.2 Å². The SMILES string of the molecule is CC(C)c1c(C(=O)NC2CCN(Cc3cccc(C(F)(F)F)c3)CC2)cnn1-c1ccccn1. The van der Waals surface area contributed by atoms with Crippen molar-refractivity contribution in [2.24, 2.45) is 0 Å². The number of rotatable bonds is 6. The molecule has 0 bridgehead atoms. The average molecular weight is 472 g/mol. The Labute approximate surface area is 196 Å². The van der Waals surface area contributed by atoms with Crippen molar-refractivity contribution in [3.05, 3.63) is 77.2 Å². The van der Waals surface area contributed by atoms with Gasteiger partial charge in [0.25, 0.3) is 5.91 Å². The summed E-state index contributed by atoms with van der Waals surface area (Å²) in [5.74, 6) is 0.565. The molecular formula is C25H28F3N5O. The molecule has 1 saturated heterocycles. The van der Waals surface area contributed by atoms with Crippen molar-refractivity contribution in [1.82, 2.24) is 25.0 Å². The van der Waals surface area contributed by atoms with Crippen LogP contribution in [0.5, 0.6) is 0 Å². The third-order valence-corrected chi connectivity index (χ3v) is 6.05. The van der Waals surface area contributed by atoms with Crippen molar-refractivity contribution in [2.75, 3.05) is 13.1 Å². The molecule has 9 heteroatoms. The van der Waals surface area contributed by atoms with Gasteiger partial charge in [0, 0.05) is 31.9 Å². The first-order valence-electron chi connectivity index (χ1n) is 11.4. The van der Waals surface area contributed by atoms with Crippen LogP contribution in [-0.2, 0) is 12.7 Å². The van der Waals surface area contributed by atoms with E-state index in [1.165, 1.54) is 12.1 Å². The molecule has 0 aliphatic carbocycles. The first kappa shape index (κ1) is 23.9. The summed E-state index contributed by atoms with van der Waals surface area (Å²) in [5, 5.41) is 7.53. The zero-order valence-electron chi connectivity index (χ0n) is 19.2. The van der Waals surface area contributed by atoms with E-state index >= 15 is 0 Å². The summed E-state index contributed by atoms with van der Waals surface area (Å²) in [6, 6.07) is 11.0. The van der Waals surface area contributed by atoms with Gasteiger partial charge in [-0.2, -0.15) is 18.3 Å². The maximum Gasteiger partial charge on any atom is 0.416 e. The number of hydrogen-bond acceptors (Lipinski definition) is 4. The van der Waals surface area contributed by atoms with E-state index in [9.17, 15) is 18.0 Å². The zero-order chi connectivity index (χ0) is 24.3. The number of aromatic nitrogens is 3. The van der Waals surface area contributed by atoms with Crippen LogP contribution in [0.15, 0.2) is 54.9 Å². The third kappa shape index (κ3) is 5.47. The van der Waals surface area contributed by atoms with Crippen LogP contribution in [0.25, 0.3) is 5.82 Å². The van der Waals surface area contributed by atoms with Crippen molar-refractivity contribution in [1.29, 1.82) is 0 Å². The van der Waals surface area contributed by atoms with Gasteiger partial charge in [-0.25, -0.2) is 9.67 Å². The molecule has 0 unspecified atom stereocenters. The summed E-state index contributed by atoms with van der Waals surface area (Å²) >= 11 is 0. The molecule has 6 nitrogen and oxygen atoms in total. The molecule has 1 amide bonds. The molecule has 3 aromatic rings. The van der Waals surface area contributed by atoms with Gasteiger partial charge in [0.2, 0.25) is 0 Å². The van der Waals surface area contributed by atoms with Gasteiger partial charge in [-0.1, -0.05) is 38.1 Å². The number of nitrogens with one attached hydrogen (secondary N) is 1. The van der Waals surface area contributed by atoms with E-state index in [0.717, 1.165) is 24.6 Å². The second-order valence-electron chi connectivity index (χ2n) is 8.92. The van der Waals surface area contributed by atoms with Crippen LogP contribution in [0.1, 0.15) is 59.8 Å². The maximum atomic E-state index is 13.1. The molecule has 4 rings (SSSR count). The van der Waals surface area contributed by atoms with E-state index in [1.807, 2.05) is 32.0 Å². The van der Waals surface area contributed by atoms with Crippen LogP contribution >= 0.6 is 0 Å². The summed E-state index contributed by atoms with van der Waals surface area (Å²) in [5.41, 5.74) is 1.35. The van der Waals surface area contributed by atoms with Crippen LogP contribution in [0.3, 0.4) is 0 Å². The quantitative estimate of drug-likeness (QED) is 0.561. The molecule has 0 spiro atoms. The molecular weight excluding hydrogens is 443 g/mol. The minimum atomic E-state index is -4.34. The Morgan fingerprint density at radius 3 is 2.56 bits per heavy atom. The van der Waals surface area contributed by atoms with Gasteiger partial charge in [0.05, 0.1) is 23.0 Å². The summed E-state index contributed by atoms with van der Waals surface area (Å²) < 4.78 is 40.6. The van der Waals surface area contributed by atoms with E-state index in [0.29, 0.717) is 36.6 Å². The minimum Gasteiger partial charge on any atom is -0.349 e. The lowest BCUT2D eigenvalue weighted by atomic mass is 10.0. The standard InChI is InChI=1S/C25H28F3N5O/c1-17(2)23-21(15-30-33(23)22-8-3-4-11-29-22)24(34)31-20-9-12-32(13-10-20)16-18-6-5-7-19(14-18)25(26,27)28/h3-8,11,14-15,17,20H,9-10,12-13,16H2,1-2H3,(H,31,34). The molecule has 3 heterocycles. The lowest BCUT2D eigenvalue weighted by molar-refractivity contribution is -0.137. The number of carbonyl (C=O) groups is 1. The first-order valence-corrected chi connectivity index (χ1v) is 11.4. The fourth-order valence-corrected chi connectivity index (χ4v) is 4.35. The van der Waals surface area contributed by atoms with Crippen molar-refractivity contribution in [3.8, 4) is 5.82 Å². The molecule has 0 radical (unpaired) electrons. The number of carbonyl (C=O) groups excluding carboxylic acids is 1. The molecule has 0 atom stereocenters. The topological polar surface area (TPSA) is 63.1 Å². The van der Waals surface area contributed by atoms with Crippen molar-refractivity contribution in [2.45, 2.75) is 51.4 Å². The number of piperidine rings is 1. The van der Waals surface area contributed by atoms with E-state index in [1.54, 1.807) is 23.1 Å². The van der Waals surface area contributed by atoms with Crippen molar-refractivity contribution < 1.29 is 18.0 Å². The van der Waals surface area contributed by atoms with Crippen LogP contribution < -0.4 is 5.32 Å². The number of likely N-dealkylation sites (tertiary alicyclic amines) is 1. The molecule has 1 fully saturated rings. The third-order valence-electron chi connectivity index (χ3n) is 6.05. The van der Waals surface area contributed by atoms with Crippen LogP contribution in [0, 0.1) is 0 Å². The second kappa shape index (κ2) is 9.97. The van der Waals surface area contributed by atoms with E-state index < -0.39 is 11.7 Å². The Hall–Kier alpha value is -3.20. The van der Waals surface area contributed by atoms with Crippen molar-refractivity contribution in [3.63, 3.8) is 0 Å². The molecule has 0 saturated carbocycles. The highest BCUT2D eigenvalue weighted by Gasteiger charge is 2.31. The fourth-order valence-electron chi connectivity index (χ4n) is 4.35. The highest BCUT2D eigenvalue weighted by Crippen LogP contribution is 2.30. The molecule has 2 aromatic heterocycles. The van der Waals surface area contributed by atoms with Crippen molar-refractivity contribution >= 4 is 5.91 Å². The summed E-state index contributed by atoms with van der Waals surface area (Å²) in [7, 11) is 0. The highest BCUT2D eigenvalue weighted by molar-refractivity contribution is 5.95. The molecule has 1 aromatic carbocycles. The summed E-state index contributed by atoms with van der Waals surface area (Å²) in [4.78, 5) is 19.5. The number of halogens is 3. The Morgan fingerprint density at radius 2 is 1.91 bits per heavy atom. The van der Waals surface area contributed by atoms with Crippen LogP contribution in [0.2, 0.25) is 0 Å². The Kier molecular flexibility index (Phi) is 7.02. The van der Waals surface area contributed by atoms with Gasteiger partial charge in [-0.05, 0) is 42.5 Å². The number of alkyl halides is 3. The molecule has 1 aliphatic heterocycles. The molecule has 180 valence electrons. The smallest absolute Gasteiger partial charge is 0.349 e. The van der Waals surface area contributed by atoms with Gasteiger partial charge in [-0.3, -0.25) is 9.69 Å². The van der Waals surface area contributed by atoms with E-state index in [2.05, 4.69) is 20.3 Å². The Morgan fingerprint density at radius 1 is 1.15 bits per heavy atom. The normalized spacial score (nSPS) is 15.6. The van der Waals surface area contributed by atoms with E-state index in [4.69, 9.17) is 0 Å². The summed E-state index contributed by atoms with van der Waals surface area (Å²) in [6.45, 7) is 5.88. The highest BCUT2D eigenvalue weighted by atomic mass is 19.4. The monoisotopic (exact) mass is 471 g/mol. The minimum absolute atomic E-state index is 0.00321. The van der Waals surface area contributed by atoms with Crippen LogP contribution in [-0.4, -0.2) is 44.7 Å². The number of nitrogens with zero attached hydrogens (tertiary/aromatic N) is 4. The van der Waals surface area contributed by atoms with Gasteiger partial charge < -0.3 is 5.32 Å². The lowest BCUT2D eigenvalue weighted by Crippen LogP contribution is -2.44. The Balaban J connectivity index is 1.37. The molecule has 34 heavy (non-hydrogen) atoms. The van der Waals surface area contributed by atoms with Gasteiger partial charge in [0.15, 0.2) is 5.82 Å². The predicted molar refractivity (Wildman–Crippen MR) is 123 cm³/mol. The number of amides is 1. The molecule has 1 aliphatic rings. The molecule has 1 N–H and O–H groups in total. The Bertz CT molecular complexity index is 1120. The first-order chi connectivity index (χ1) is 16.2. The summed E-state index contributed by atoms with van der Waals surface area (Å²) in [6.07, 6.45) is 0.398. The lowest BCUT2D eigenvalue weighted by Gasteiger charge is -2.32. The number of pyridine rings is 1. The van der Waals surface area contributed by atoms with Gasteiger partial charge in [-0.15, -0.1) is 0 Å². The largest absolute Gasteiger partial charge is 0.416 e. The number of benzene rings is 1. The number of hydrogen-bond donors (Lipinski definition) is 1. The van der Waals surface area contributed by atoms with Gasteiger partial charge >= 0.3 is 6.18 Å². The predicted octanol–water partition coefficient (Wildman–Crippen LogP) is 4.80. The van der Waals surface area contributed by atoms with Gasteiger partial charge in [0.1, 0.15) is 0 Å². The second-order valence-corrected chi connectivity index (χ2v) is 8.92. The fraction of sp³-hybridized carbons (Fsp3) is 0.400. The average Bonchev–Trinajstić information content (AvgIpc) is 3.26. The maximum absolute atomic E-state index is 13.1. The zero-order valence-corrected chi connectivity index (χ0v) is 19.2. The van der Waals surface area contributed by atoms with E-state index in [-0.39, 0.29) is 17.9 Å².